The van der Waals surface area contributed by atoms with Crippen molar-refractivity contribution in [3.63, 3.8) is 0 Å². The summed E-state index contributed by atoms with van der Waals surface area (Å²) in [5, 5.41) is 1.03. The van der Waals surface area contributed by atoms with E-state index in [4.69, 9.17) is 27.9 Å². The van der Waals surface area contributed by atoms with Crippen LogP contribution in [0, 0.1) is 0 Å². The van der Waals surface area contributed by atoms with Gasteiger partial charge < -0.3 is 4.74 Å². The second-order valence-corrected chi connectivity index (χ2v) is 4.60. The molecule has 2 aromatic rings. The molecule has 0 amide bonds. The Hall–Kier alpha value is -1.51. The van der Waals surface area contributed by atoms with Crippen LogP contribution in [0.5, 0.6) is 11.5 Å². The molecule has 18 heavy (non-hydrogen) atoms. The van der Waals surface area contributed by atoms with Crippen molar-refractivity contribution in [1.29, 1.82) is 0 Å². The molecule has 0 N–H and O–H groups in total. The molecular formula is C14H10Cl2O2. The lowest BCUT2D eigenvalue weighted by atomic mass is 10.1. The van der Waals surface area contributed by atoms with Crippen LogP contribution < -0.4 is 4.74 Å². The van der Waals surface area contributed by atoms with E-state index < -0.39 is 0 Å². The molecule has 92 valence electrons. The normalized spacial score (nSPS) is 10.2. The molecule has 0 aliphatic heterocycles. The zero-order valence-electron chi connectivity index (χ0n) is 9.61. The van der Waals surface area contributed by atoms with Crippen LogP contribution in [0.25, 0.3) is 0 Å². The highest BCUT2D eigenvalue weighted by Gasteiger charge is 2.05. The average molecular weight is 281 g/mol. The molecule has 0 aliphatic rings. The number of rotatable bonds is 3. The fourth-order valence-corrected chi connectivity index (χ4v) is 1.76. The first-order chi connectivity index (χ1) is 8.56. The maximum atomic E-state index is 11.1. The number of ether oxygens (including phenoxy) is 1. The van der Waals surface area contributed by atoms with Crippen LogP contribution in [0.15, 0.2) is 42.5 Å². The minimum atomic E-state index is 0.0161. The highest BCUT2D eigenvalue weighted by atomic mass is 35.5. The summed E-state index contributed by atoms with van der Waals surface area (Å²) in [6.07, 6.45) is 0. The van der Waals surface area contributed by atoms with Crippen LogP contribution in [0.4, 0.5) is 0 Å². The lowest BCUT2D eigenvalue weighted by Crippen LogP contribution is -1.91. The van der Waals surface area contributed by atoms with Crippen molar-refractivity contribution < 1.29 is 9.53 Å². The molecule has 2 rings (SSSR count). The lowest BCUT2D eigenvalue weighted by molar-refractivity contribution is 0.101. The van der Waals surface area contributed by atoms with Gasteiger partial charge in [-0.05, 0) is 43.3 Å². The molecule has 0 heterocycles. The van der Waals surface area contributed by atoms with Crippen molar-refractivity contribution in [2.24, 2.45) is 0 Å². The van der Waals surface area contributed by atoms with Gasteiger partial charge in [0.25, 0.3) is 0 Å². The number of hydrogen-bond donors (Lipinski definition) is 0. The predicted octanol–water partition coefficient (Wildman–Crippen LogP) is 4.99. The van der Waals surface area contributed by atoms with E-state index in [0.717, 1.165) is 0 Å². The topological polar surface area (TPSA) is 26.3 Å². The average Bonchev–Trinajstić information content (AvgIpc) is 2.34. The third-order valence-corrected chi connectivity index (χ3v) is 2.93. The van der Waals surface area contributed by atoms with E-state index in [1.807, 2.05) is 0 Å². The number of carbonyl (C=O) groups excluding carboxylic acids is 1. The second kappa shape index (κ2) is 5.42. The van der Waals surface area contributed by atoms with E-state index in [9.17, 15) is 4.79 Å². The second-order valence-electron chi connectivity index (χ2n) is 3.76. The quantitative estimate of drug-likeness (QED) is 0.741. The Balaban J connectivity index is 2.23. The summed E-state index contributed by atoms with van der Waals surface area (Å²) in [6.45, 7) is 1.52. The Bertz CT molecular complexity index is 577. The SMILES string of the molecule is CC(=O)c1ccc(Oc2cc(Cl)ccc2Cl)cc1. The summed E-state index contributed by atoms with van der Waals surface area (Å²) in [5.74, 6) is 1.10. The van der Waals surface area contributed by atoms with E-state index in [2.05, 4.69) is 0 Å². The minimum Gasteiger partial charge on any atom is -0.456 e. The van der Waals surface area contributed by atoms with Gasteiger partial charge in [-0.1, -0.05) is 23.2 Å². The van der Waals surface area contributed by atoms with Crippen molar-refractivity contribution in [3.8, 4) is 11.5 Å². The zero-order valence-corrected chi connectivity index (χ0v) is 11.1. The molecular weight excluding hydrogens is 271 g/mol. The van der Waals surface area contributed by atoms with Gasteiger partial charge in [-0.25, -0.2) is 0 Å². The number of hydrogen-bond acceptors (Lipinski definition) is 2. The summed E-state index contributed by atoms with van der Waals surface area (Å²) in [4.78, 5) is 11.1. The van der Waals surface area contributed by atoms with Crippen LogP contribution in [0.2, 0.25) is 10.0 Å². The molecule has 0 unspecified atom stereocenters. The van der Waals surface area contributed by atoms with E-state index in [-0.39, 0.29) is 5.78 Å². The van der Waals surface area contributed by atoms with Gasteiger partial charge in [0.2, 0.25) is 0 Å². The molecule has 0 spiro atoms. The molecule has 4 heteroatoms. The summed E-state index contributed by atoms with van der Waals surface area (Å²) >= 11 is 11.9. The number of carbonyl (C=O) groups is 1. The molecule has 0 bridgehead atoms. The third-order valence-electron chi connectivity index (χ3n) is 2.38. The van der Waals surface area contributed by atoms with E-state index >= 15 is 0 Å². The number of halogens is 2. The van der Waals surface area contributed by atoms with Gasteiger partial charge in [0, 0.05) is 16.7 Å². The van der Waals surface area contributed by atoms with Crippen molar-refractivity contribution in [2.75, 3.05) is 0 Å². The van der Waals surface area contributed by atoms with Crippen LogP contribution in [-0.2, 0) is 0 Å². The molecule has 2 nitrogen and oxygen atoms in total. The monoisotopic (exact) mass is 280 g/mol. The Morgan fingerprint density at radius 1 is 1.06 bits per heavy atom. The minimum absolute atomic E-state index is 0.0161. The van der Waals surface area contributed by atoms with Crippen LogP contribution in [0.3, 0.4) is 0 Å². The third kappa shape index (κ3) is 3.03. The van der Waals surface area contributed by atoms with E-state index in [1.165, 1.54) is 6.92 Å². The van der Waals surface area contributed by atoms with Crippen molar-refractivity contribution >= 4 is 29.0 Å². The number of ketones is 1. The lowest BCUT2D eigenvalue weighted by Gasteiger charge is -2.08. The van der Waals surface area contributed by atoms with Gasteiger partial charge in [-0.15, -0.1) is 0 Å². The van der Waals surface area contributed by atoms with Crippen molar-refractivity contribution in [1.82, 2.24) is 0 Å². The first-order valence-electron chi connectivity index (χ1n) is 5.30. The fourth-order valence-electron chi connectivity index (χ4n) is 1.44. The Morgan fingerprint density at radius 2 is 1.72 bits per heavy atom. The Morgan fingerprint density at radius 3 is 2.33 bits per heavy atom. The fraction of sp³-hybridized carbons (Fsp3) is 0.0714. The maximum Gasteiger partial charge on any atom is 0.159 e. The number of benzene rings is 2. The van der Waals surface area contributed by atoms with Gasteiger partial charge in [-0.3, -0.25) is 4.79 Å². The summed E-state index contributed by atoms with van der Waals surface area (Å²) in [6, 6.07) is 11.8. The van der Waals surface area contributed by atoms with Gasteiger partial charge in [-0.2, -0.15) is 0 Å². The predicted molar refractivity (Wildman–Crippen MR) is 73.0 cm³/mol. The van der Waals surface area contributed by atoms with Gasteiger partial charge in [0.05, 0.1) is 5.02 Å². The molecule has 0 atom stereocenters. The van der Waals surface area contributed by atoms with Crippen LogP contribution >= 0.6 is 23.2 Å². The molecule has 0 aromatic heterocycles. The molecule has 0 fully saturated rings. The summed E-state index contributed by atoms with van der Waals surface area (Å²) < 4.78 is 5.60. The Kier molecular flexibility index (Phi) is 3.90. The van der Waals surface area contributed by atoms with E-state index in [1.54, 1.807) is 42.5 Å². The molecule has 0 saturated heterocycles. The highest BCUT2D eigenvalue weighted by molar-refractivity contribution is 6.34. The van der Waals surface area contributed by atoms with Gasteiger partial charge >= 0.3 is 0 Å². The van der Waals surface area contributed by atoms with Gasteiger partial charge in [0.15, 0.2) is 5.78 Å². The maximum absolute atomic E-state index is 11.1. The van der Waals surface area contributed by atoms with Crippen molar-refractivity contribution in [3.05, 3.63) is 58.1 Å². The standard InChI is InChI=1S/C14H10Cl2O2/c1-9(17)10-2-5-12(6-3-10)18-14-8-11(15)4-7-13(14)16/h2-8H,1H3. The first kappa shape index (κ1) is 12.9. The molecule has 2 aromatic carbocycles. The van der Waals surface area contributed by atoms with Crippen LogP contribution in [0.1, 0.15) is 17.3 Å². The smallest absolute Gasteiger partial charge is 0.159 e. The van der Waals surface area contributed by atoms with Crippen molar-refractivity contribution in [2.45, 2.75) is 6.92 Å². The number of Topliss-reactive ketones (excluding diaryl/α,β-unsaturated/α-hetero) is 1. The largest absolute Gasteiger partial charge is 0.456 e. The summed E-state index contributed by atoms with van der Waals surface area (Å²) in [7, 11) is 0. The highest BCUT2D eigenvalue weighted by Crippen LogP contribution is 2.31. The summed E-state index contributed by atoms with van der Waals surface area (Å²) in [5.41, 5.74) is 0.638. The molecule has 0 aliphatic carbocycles. The van der Waals surface area contributed by atoms with Crippen LogP contribution in [-0.4, -0.2) is 5.78 Å². The molecule has 0 radical (unpaired) electrons. The zero-order chi connectivity index (χ0) is 13.1. The molecule has 0 saturated carbocycles. The Labute approximate surface area is 115 Å². The first-order valence-corrected chi connectivity index (χ1v) is 6.06. The van der Waals surface area contributed by atoms with E-state index in [0.29, 0.717) is 27.1 Å². The van der Waals surface area contributed by atoms with Gasteiger partial charge in [0.1, 0.15) is 11.5 Å².